The van der Waals surface area contributed by atoms with E-state index in [1.165, 1.54) is 17.2 Å². The third-order valence-corrected chi connectivity index (χ3v) is 4.40. The van der Waals surface area contributed by atoms with Crippen molar-refractivity contribution >= 4 is 0 Å². The third kappa shape index (κ3) is 3.76. The molecule has 8 nitrogen and oxygen atoms in total. The zero-order chi connectivity index (χ0) is 20.2. The van der Waals surface area contributed by atoms with Crippen LogP contribution in [-0.4, -0.2) is 31.0 Å². The fourth-order valence-electron chi connectivity index (χ4n) is 2.83. The number of rotatable bonds is 6. The number of halogens is 1. The molecule has 3 aromatic heterocycles. The van der Waals surface area contributed by atoms with Gasteiger partial charge in [-0.05, 0) is 17.7 Å². The van der Waals surface area contributed by atoms with Gasteiger partial charge in [-0.2, -0.15) is 5.10 Å². The molecule has 0 atom stereocenters. The minimum absolute atomic E-state index is 0.00781. The zero-order valence-electron chi connectivity index (χ0n) is 15.3. The molecule has 0 spiro atoms. The van der Waals surface area contributed by atoms with Crippen molar-refractivity contribution in [3.8, 4) is 28.3 Å². The monoisotopic (exact) mass is 392 g/mol. The number of nitrogens with zero attached hydrogens (tertiary/aromatic N) is 5. The van der Waals surface area contributed by atoms with Crippen molar-refractivity contribution in [1.29, 1.82) is 0 Å². The summed E-state index contributed by atoms with van der Waals surface area (Å²) in [6, 6.07) is 14.8. The van der Waals surface area contributed by atoms with Crippen molar-refractivity contribution in [3.63, 3.8) is 0 Å². The van der Waals surface area contributed by atoms with Crippen LogP contribution in [0.1, 0.15) is 0 Å². The number of hydrogen-bond acceptors (Lipinski definition) is 6. The van der Waals surface area contributed by atoms with Gasteiger partial charge in [-0.3, -0.25) is 0 Å². The topological polar surface area (TPSA) is 105 Å². The Morgan fingerprint density at radius 2 is 1.86 bits per heavy atom. The first kappa shape index (κ1) is 18.5. The summed E-state index contributed by atoms with van der Waals surface area (Å²) < 4.78 is 20.1. The summed E-state index contributed by atoms with van der Waals surface area (Å²) in [4.78, 5) is 17.1. The molecule has 3 heterocycles. The number of pyridine rings is 1. The van der Waals surface area contributed by atoms with Gasteiger partial charge in [0.1, 0.15) is 24.1 Å². The minimum atomic E-state index is -0.427. The van der Waals surface area contributed by atoms with E-state index in [9.17, 15) is 9.18 Å². The van der Waals surface area contributed by atoms with Crippen LogP contribution in [0.2, 0.25) is 0 Å². The van der Waals surface area contributed by atoms with E-state index in [0.717, 1.165) is 21.5 Å². The van der Waals surface area contributed by atoms with Gasteiger partial charge in [0.2, 0.25) is 0 Å². The van der Waals surface area contributed by atoms with Crippen molar-refractivity contribution in [3.05, 3.63) is 83.5 Å². The Morgan fingerprint density at radius 1 is 1.10 bits per heavy atom. The van der Waals surface area contributed by atoms with Crippen molar-refractivity contribution in [2.75, 3.05) is 6.54 Å². The molecular formula is C20H17FN6O2. The van der Waals surface area contributed by atoms with Crippen LogP contribution in [0.25, 0.3) is 28.3 Å². The van der Waals surface area contributed by atoms with E-state index in [0.29, 0.717) is 17.8 Å². The average molecular weight is 392 g/mol. The Kier molecular flexibility index (Phi) is 5.12. The van der Waals surface area contributed by atoms with Gasteiger partial charge in [0.05, 0.1) is 18.6 Å². The SMILES string of the molecule is NC/C(=C\F)Cn1ncn(-c2cccc(-c3ccc(-c4ccon4)cc3)n2)c1=O. The molecule has 0 saturated carbocycles. The van der Waals surface area contributed by atoms with E-state index in [2.05, 4.69) is 15.2 Å². The van der Waals surface area contributed by atoms with Gasteiger partial charge in [0.15, 0.2) is 0 Å². The van der Waals surface area contributed by atoms with E-state index in [-0.39, 0.29) is 18.7 Å². The molecule has 1 aromatic carbocycles. The molecule has 0 radical (unpaired) electrons. The highest BCUT2D eigenvalue weighted by atomic mass is 19.1. The number of aromatic nitrogens is 5. The fraction of sp³-hybridized carbons (Fsp3) is 0.100. The Labute approximate surface area is 164 Å². The summed E-state index contributed by atoms with van der Waals surface area (Å²) in [6.45, 7) is -0.00406. The quantitative estimate of drug-likeness (QED) is 0.541. The molecule has 9 heteroatoms. The maximum absolute atomic E-state index is 12.8. The predicted octanol–water partition coefficient (Wildman–Crippen LogP) is 2.56. The standard InChI is InChI=1S/C20H17FN6O2/c21-10-14(11-22)12-27-20(28)26(13-23-27)19-3-1-2-17(24-19)15-4-6-16(7-5-15)18-8-9-29-25-18/h1-10,13H,11-12,22H2/b14-10+. The van der Waals surface area contributed by atoms with Crippen molar-refractivity contribution in [1.82, 2.24) is 24.5 Å². The molecule has 0 amide bonds. The van der Waals surface area contributed by atoms with E-state index < -0.39 is 5.69 Å². The summed E-state index contributed by atoms with van der Waals surface area (Å²) in [5, 5.41) is 7.93. The minimum Gasteiger partial charge on any atom is -0.364 e. The molecule has 0 aliphatic carbocycles. The summed E-state index contributed by atoms with van der Waals surface area (Å²) >= 11 is 0. The predicted molar refractivity (Wildman–Crippen MR) is 105 cm³/mol. The molecule has 146 valence electrons. The fourth-order valence-corrected chi connectivity index (χ4v) is 2.83. The third-order valence-electron chi connectivity index (χ3n) is 4.40. The molecule has 0 fully saturated rings. The van der Waals surface area contributed by atoms with Gasteiger partial charge in [0.25, 0.3) is 0 Å². The summed E-state index contributed by atoms with van der Waals surface area (Å²) in [5.41, 5.74) is 8.53. The molecule has 29 heavy (non-hydrogen) atoms. The lowest BCUT2D eigenvalue weighted by Gasteiger charge is -2.05. The van der Waals surface area contributed by atoms with E-state index in [1.54, 1.807) is 18.2 Å². The van der Waals surface area contributed by atoms with Gasteiger partial charge in [-0.15, -0.1) is 0 Å². The Balaban J connectivity index is 1.63. The van der Waals surface area contributed by atoms with E-state index in [4.69, 9.17) is 10.3 Å². The van der Waals surface area contributed by atoms with Crippen LogP contribution in [0, 0.1) is 0 Å². The molecule has 4 rings (SSSR count). The highest BCUT2D eigenvalue weighted by Gasteiger charge is 2.11. The first-order valence-electron chi connectivity index (χ1n) is 8.81. The molecule has 2 N–H and O–H groups in total. The lowest BCUT2D eigenvalue weighted by atomic mass is 10.1. The normalized spacial score (nSPS) is 11.7. The number of nitrogens with two attached hydrogens (primary N) is 1. The van der Waals surface area contributed by atoms with Crippen LogP contribution in [-0.2, 0) is 6.54 Å². The van der Waals surface area contributed by atoms with E-state index >= 15 is 0 Å². The second-order valence-electron chi connectivity index (χ2n) is 6.26. The molecule has 0 bridgehead atoms. The largest absolute Gasteiger partial charge is 0.364 e. The molecular weight excluding hydrogens is 375 g/mol. The van der Waals surface area contributed by atoms with Crippen LogP contribution in [0.4, 0.5) is 4.39 Å². The second kappa shape index (κ2) is 8.03. The second-order valence-corrected chi connectivity index (χ2v) is 6.26. The average Bonchev–Trinajstić information content (AvgIpc) is 3.43. The number of benzene rings is 1. The first-order chi connectivity index (χ1) is 14.2. The van der Waals surface area contributed by atoms with Crippen molar-refractivity contribution < 1.29 is 8.91 Å². The Morgan fingerprint density at radius 3 is 2.52 bits per heavy atom. The smallest absolute Gasteiger partial charge is 0.351 e. The molecule has 0 aliphatic rings. The van der Waals surface area contributed by atoms with Crippen molar-refractivity contribution in [2.45, 2.75) is 6.54 Å². The molecule has 0 unspecified atom stereocenters. The maximum atomic E-state index is 12.8. The van der Waals surface area contributed by atoms with Crippen LogP contribution < -0.4 is 11.4 Å². The lowest BCUT2D eigenvalue weighted by molar-refractivity contribution is 0.422. The summed E-state index contributed by atoms with van der Waals surface area (Å²) in [6.07, 6.45) is 3.27. The Bertz CT molecular complexity index is 1190. The van der Waals surface area contributed by atoms with Crippen LogP contribution in [0.5, 0.6) is 0 Å². The van der Waals surface area contributed by atoms with Gasteiger partial charge in [0, 0.05) is 23.7 Å². The molecule has 0 aliphatic heterocycles. The maximum Gasteiger partial charge on any atom is 0.351 e. The van der Waals surface area contributed by atoms with Gasteiger partial charge >= 0.3 is 5.69 Å². The summed E-state index contributed by atoms with van der Waals surface area (Å²) in [5.74, 6) is 0.415. The molecule has 0 saturated heterocycles. The van der Waals surface area contributed by atoms with Crippen LogP contribution >= 0.6 is 0 Å². The Hall–Kier alpha value is -3.85. The lowest BCUT2D eigenvalue weighted by Crippen LogP contribution is -2.26. The highest BCUT2D eigenvalue weighted by molar-refractivity contribution is 5.66. The van der Waals surface area contributed by atoms with Crippen LogP contribution in [0.3, 0.4) is 0 Å². The van der Waals surface area contributed by atoms with Gasteiger partial charge in [-0.1, -0.05) is 35.5 Å². The summed E-state index contributed by atoms with van der Waals surface area (Å²) in [7, 11) is 0. The van der Waals surface area contributed by atoms with Crippen molar-refractivity contribution in [2.24, 2.45) is 5.73 Å². The zero-order valence-corrected chi connectivity index (χ0v) is 15.3. The first-order valence-corrected chi connectivity index (χ1v) is 8.81. The molecule has 4 aromatic rings. The van der Waals surface area contributed by atoms with E-state index in [1.807, 2.05) is 30.3 Å². The van der Waals surface area contributed by atoms with Gasteiger partial charge in [-0.25, -0.2) is 23.4 Å². The van der Waals surface area contributed by atoms with Crippen LogP contribution in [0.15, 0.2) is 82.3 Å². The number of hydrogen-bond donors (Lipinski definition) is 1. The highest BCUT2D eigenvalue weighted by Crippen LogP contribution is 2.23. The van der Waals surface area contributed by atoms with Gasteiger partial charge < -0.3 is 10.3 Å².